The van der Waals surface area contributed by atoms with E-state index in [0.29, 0.717) is 5.75 Å². The van der Waals surface area contributed by atoms with E-state index in [1.54, 1.807) is 17.7 Å². The molecule has 0 aliphatic carbocycles. The van der Waals surface area contributed by atoms with E-state index in [0.717, 1.165) is 20.8 Å². The zero-order valence-electron chi connectivity index (χ0n) is 15.3. The smallest absolute Gasteiger partial charge is 0.230 e. The van der Waals surface area contributed by atoms with Crippen LogP contribution in [-0.2, 0) is 4.79 Å². The third-order valence-corrected chi connectivity index (χ3v) is 6.29. The fourth-order valence-corrected chi connectivity index (χ4v) is 4.57. The molecule has 2 aromatic carbocycles. The monoisotopic (exact) mass is 405 g/mol. The van der Waals surface area contributed by atoms with Crippen LogP contribution in [0.25, 0.3) is 21.3 Å². The molecular weight excluding hydrogens is 386 g/mol. The first-order valence-electron chi connectivity index (χ1n) is 8.96. The molecule has 4 nitrogen and oxygen atoms in total. The van der Waals surface area contributed by atoms with Crippen LogP contribution in [-0.4, -0.2) is 21.6 Å². The number of rotatable bonds is 6. The Morgan fingerprint density at radius 3 is 2.57 bits per heavy atom. The highest BCUT2D eigenvalue weighted by molar-refractivity contribution is 8.00. The summed E-state index contributed by atoms with van der Waals surface area (Å²) in [5.41, 5.74) is 3.44. The number of amides is 1. The third kappa shape index (κ3) is 4.24. The lowest BCUT2D eigenvalue weighted by molar-refractivity contribution is -0.119. The number of aromatic nitrogens is 2. The van der Waals surface area contributed by atoms with Crippen LogP contribution in [0.3, 0.4) is 0 Å². The van der Waals surface area contributed by atoms with Gasteiger partial charge in [0.05, 0.1) is 11.8 Å². The number of thiophene rings is 1. The largest absolute Gasteiger partial charge is 0.349 e. The predicted octanol–water partition coefficient (Wildman–Crippen LogP) is 5.33. The van der Waals surface area contributed by atoms with Crippen LogP contribution in [0.5, 0.6) is 0 Å². The molecular formula is C22H19N3OS2. The molecule has 0 aliphatic heterocycles. The molecule has 140 valence electrons. The van der Waals surface area contributed by atoms with Gasteiger partial charge in [-0.3, -0.25) is 4.79 Å². The van der Waals surface area contributed by atoms with Gasteiger partial charge >= 0.3 is 0 Å². The first-order valence-corrected chi connectivity index (χ1v) is 10.8. The molecule has 1 atom stereocenters. The Kier molecular flexibility index (Phi) is 5.69. The zero-order valence-corrected chi connectivity index (χ0v) is 17.0. The minimum atomic E-state index is -0.0514. The first-order chi connectivity index (χ1) is 13.7. The van der Waals surface area contributed by atoms with Crippen molar-refractivity contribution in [1.82, 2.24) is 15.3 Å². The SMILES string of the molecule is C[C@@H](NC(=O)CSc1ncnc2sccc12)c1ccc(-c2ccccc2)cc1. The minimum absolute atomic E-state index is 0.00775. The number of thioether (sulfide) groups is 1. The zero-order chi connectivity index (χ0) is 19.3. The molecule has 1 N–H and O–H groups in total. The lowest BCUT2D eigenvalue weighted by atomic mass is 10.0. The fourth-order valence-electron chi connectivity index (χ4n) is 2.98. The van der Waals surface area contributed by atoms with Gasteiger partial charge in [0.25, 0.3) is 0 Å². The first kappa shape index (κ1) is 18.7. The summed E-state index contributed by atoms with van der Waals surface area (Å²) in [6.45, 7) is 2.00. The van der Waals surface area contributed by atoms with Gasteiger partial charge < -0.3 is 5.32 Å². The van der Waals surface area contributed by atoms with Gasteiger partial charge in [-0.15, -0.1) is 11.3 Å². The molecule has 4 rings (SSSR count). The van der Waals surface area contributed by atoms with Crippen LogP contribution in [0.2, 0.25) is 0 Å². The Morgan fingerprint density at radius 1 is 1.04 bits per heavy atom. The quantitative estimate of drug-likeness (QED) is 0.348. The molecule has 0 unspecified atom stereocenters. The van der Waals surface area contributed by atoms with Gasteiger partial charge in [-0.25, -0.2) is 9.97 Å². The Labute approximate surface area is 172 Å². The van der Waals surface area contributed by atoms with Gasteiger partial charge in [0.2, 0.25) is 5.91 Å². The Balaban J connectivity index is 1.36. The maximum atomic E-state index is 12.4. The van der Waals surface area contributed by atoms with Gasteiger partial charge in [-0.05, 0) is 35.1 Å². The number of fused-ring (bicyclic) bond motifs is 1. The highest BCUT2D eigenvalue weighted by Crippen LogP contribution is 2.27. The lowest BCUT2D eigenvalue weighted by Crippen LogP contribution is -2.28. The van der Waals surface area contributed by atoms with Crippen molar-refractivity contribution in [2.24, 2.45) is 0 Å². The van der Waals surface area contributed by atoms with Gasteiger partial charge in [0.15, 0.2) is 0 Å². The summed E-state index contributed by atoms with van der Waals surface area (Å²) in [7, 11) is 0. The van der Waals surface area contributed by atoms with Crippen LogP contribution in [0.4, 0.5) is 0 Å². The molecule has 0 bridgehead atoms. The van der Waals surface area contributed by atoms with E-state index >= 15 is 0 Å². The van der Waals surface area contributed by atoms with Crippen molar-refractivity contribution in [1.29, 1.82) is 0 Å². The van der Waals surface area contributed by atoms with E-state index in [2.05, 4.69) is 51.7 Å². The Bertz CT molecular complexity index is 1080. The second kappa shape index (κ2) is 8.54. The van der Waals surface area contributed by atoms with E-state index in [4.69, 9.17) is 0 Å². The molecule has 0 saturated carbocycles. The summed E-state index contributed by atoms with van der Waals surface area (Å²) in [5.74, 6) is 0.320. The van der Waals surface area contributed by atoms with E-state index in [9.17, 15) is 4.79 Å². The second-order valence-corrected chi connectivity index (χ2v) is 8.24. The summed E-state index contributed by atoms with van der Waals surface area (Å²) < 4.78 is 0. The van der Waals surface area contributed by atoms with Crippen LogP contribution < -0.4 is 5.32 Å². The van der Waals surface area contributed by atoms with Crippen molar-refractivity contribution in [3.63, 3.8) is 0 Å². The normalized spacial score (nSPS) is 12.0. The molecule has 0 fully saturated rings. The van der Waals surface area contributed by atoms with Gasteiger partial charge in [-0.1, -0.05) is 66.4 Å². The molecule has 4 aromatic rings. The van der Waals surface area contributed by atoms with E-state index in [1.807, 2.05) is 36.6 Å². The summed E-state index contributed by atoms with van der Waals surface area (Å²) in [6.07, 6.45) is 1.55. The molecule has 1 amide bonds. The fraction of sp³-hybridized carbons (Fsp3) is 0.136. The number of hydrogen-bond donors (Lipinski definition) is 1. The van der Waals surface area contributed by atoms with Crippen LogP contribution in [0, 0.1) is 0 Å². The molecule has 6 heteroatoms. The number of nitrogens with zero attached hydrogens (tertiary/aromatic N) is 2. The number of carbonyl (C=O) groups excluding carboxylic acids is 1. The molecule has 0 radical (unpaired) electrons. The summed E-state index contributed by atoms with van der Waals surface area (Å²) >= 11 is 3.02. The van der Waals surface area contributed by atoms with E-state index < -0.39 is 0 Å². The molecule has 28 heavy (non-hydrogen) atoms. The standard InChI is InChI=1S/C22H19N3OS2/c1-15(16-7-9-18(10-8-16)17-5-3-2-4-6-17)25-20(26)13-28-22-19-11-12-27-21(19)23-14-24-22/h2-12,14-15H,13H2,1H3,(H,25,26)/t15-/m1/s1. The lowest BCUT2D eigenvalue weighted by Gasteiger charge is -2.15. The molecule has 0 spiro atoms. The van der Waals surface area contributed by atoms with E-state index in [1.165, 1.54) is 22.9 Å². The van der Waals surface area contributed by atoms with Crippen molar-refractivity contribution in [2.75, 3.05) is 5.75 Å². The maximum absolute atomic E-state index is 12.4. The average Bonchev–Trinajstić information content (AvgIpc) is 3.22. The van der Waals surface area contributed by atoms with Gasteiger partial charge in [0.1, 0.15) is 16.2 Å². The highest BCUT2D eigenvalue weighted by atomic mass is 32.2. The molecule has 2 aromatic heterocycles. The van der Waals surface area contributed by atoms with Crippen molar-refractivity contribution >= 4 is 39.2 Å². The summed E-state index contributed by atoms with van der Waals surface area (Å²) in [5, 5.41) is 6.92. The minimum Gasteiger partial charge on any atom is -0.349 e. The van der Waals surface area contributed by atoms with Crippen LogP contribution in [0.15, 0.2) is 77.4 Å². The summed E-state index contributed by atoms with van der Waals surface area (Å²) in [6, 6.07) is 20.5. The maximum Gasteiger partial charge on any atom is 0.230 e. The van der Waals surface area contributed by atoms with Crippen LogP contribution >= 0.6 is 23.1 Å². The van der Waals surface area contributed by atoms with E-state index in [-0.39, 0.29) is 11.9 Å². The van der Waals surface area contributed by atoms with Gasteiger partial charge in [-0.2, -0.15) is 0 Å². The number of benzene rings is 2. The summed E-state index contributed by atoms with van der Waals surface area (Å²) in [4.78, 5) is 21.9. The topological polar surface area (TPSA) is 54.9 Å². The van der Waals surface area contributed by atoms with Crippen molar-refractivity contribution in [3.05, 3.63) is 77.9 Å². The number of hydrogen-bond acceptors (Lipinski definition) is 5. The van der Waals surface area contributed by atoms with Crippen molar-refractivity contribution in [3.8, 4) is 11.1 Å². The molecule has 0 saturated heterocycles. The average molecular weight is 406 g/mol. The Hall–Kier alpha value is -2.70. The van der Waals surface area contributed by atoms with Crippen molar-refractivity contribution < 1.29 is 4.79 Å². The van der Waals surface area contributed by atoms with Crippen LogP contribution in [0.1, 0.15) is 18.5 Å². The highest BCUT2D eigenvalue weighted by Gasteiger charge is 2.12. The molecule has 0 aliphatic rings. The number of nitrogens with one attached hydrogen (secondary N) is 1. The second-order valence-electron chi connectivity index (χ2n) is 6.38. The number of carbonyl (C=O) groups is 1. The van der Waals surface area contributed by atoms with Gasteiger partial charge in [0, 0.05) is 5.39 Å². The Morgan fingerprint density at radius 2 is 1.79 bits per heavy atom. The molecule has 2 heterocycles. The third-order valence-electron chi connectivity index (χ3n) is 4.46. The predicted molar refractivity (Wildman–Crippen MR) is 117 cm³/mol. The van der Waals surface area contributed by atoms with Crippen molar-refractivity contribution in [2.45, 2.75) is 18.0 Å².